The highest BCUT2D eigenvalue weighted by molar-refractivity contribution is 6.00. The largest absolute Gasteiger partial charge is 0.381 e. The Hall–Kier alpha value is -2.74. The van der Waals surface area contributed by atoms with E-state index in [0.29, 0.717) is 36.1 Å². The van der Waals surface area contributed by atoms with Gasteiger partial charge in [0.15, 0.2) is 0 Å². The van der Waals surface area contributed by atoms with Crippen molar-refractivity contribution in [2.24, 2.45) is 24.3 Å². The fourth-order valence-electron chi connectivity index (χ4n) is 5.87. The second kappa shape index (κ2) is 9.72. The number of rotatable bonds is 8. The first-order valence-corrected chi connectivity index (χ1v) is 12.8. The van der Waals surface area contributed by atoms with Crippen molar-refractivity contribution in [3.05, 3.63) is 47.5 Å². The molecule has 1 aliphatic heterocycles. The summed E-state index contributed by atoms with van der Waals surface area (Å²) in [6.45, 7) is 3.50. The number of anilines is 1. The van der Waals surface area contributed by atoms with Gasteiger partial charge in [0.05, 0.1) is 0 Å². The third-order valence-corrected chi connectivity index (χ3v) is 8.41. The maximum atomic E-state index is 15.0. The minimum absolute atomic E-state index is 0.0327. The highest BCUT2D eigenvalue weighted by Gasteiger charge is 2.54. The number of nitrogens with zero attached hydrogens (tertiary/aromatic N) is 2. The number of benzene rings is 1. The second-order valence-electron chi connectivity index (χ2n) is 10.8. The fraction of sp³-hybridized carbons (Fsp3) is 0.593. The van der Waals surface area contributed by atoms with Gasteiger partial charge in [0.25, 0.3) is 5.91 Å². The van der Waals surface area contributed by atoms with Crippen molar-refractivity contribution in [2.45, 2.75) is 63.8 Å². The predicted octanol–water partition coefficient (Wildman–Crippen LogP) is 4.41. The average molecular weight is 483 g/mol. The molecule has 188 valence electrons. The smallest absolute Gasteiger partial charge is 0.270 e. The summed E-state index contributed by atoms with van der Waals surface area (Å²) in [7, 11) is 1.71. The first-order valence-electron chi connectivity index (χ1n) is 12.8. The Morgan fingerprint density at radius 2 is 1.91 bits per heavy atom. The Morgan fingerprint density at radius 1 is 1.17 bits per heavy atom. The number of hydrogen-bond acceptors (Lipinski definition) is 4. The van der Waals surface area contributed by atoms with E-state index >= 15 is 4.39 Å². The maximum Gasteiger partial charge on any atom is 0.270 e. The van der Waals surface area contributed by atoms with E-state index in [1.807, 2.05) is 0 Å². The molecular weight excluding hydrogens is 447 g/mol. The Morgan fingerprint density at radius 3 is 2.49 bits per heavy atom. The topological polar surface area (TPSA) is 85.2 Å². The van der Waals surface area contributed by atoms with Crippen LogP contribution in [0, 0.1) is 23.1 Å². The molecule has 1 saturated heterocycles. The van der Waals surface area contributed by atoms with Crippen molar-refractivity contribution >= 4 is 17.5 Å². The number of carbonyl (C=O) groups excluding carboxylic acids is 2. The Labute approximate surface area is 205 Å². The molecule has 2 N–H and O–H groups in total. The molecule has 0 bridgehead atoms. The molecule has 2 aromatic rings. The third-order valence-electron chi connectivity index (χ3n) is 8.41. The van der Waals surface area contributed by atoms with Gasteiger partial charge in [0, 0.05) is 32.1 Å². The van der Waals surface area contributed by atoms with E-state index in [1.54, 1.807) is 31.4 Å². The van der Waals surface area contributed by atoms with Gasteiger partial charge in [0.2, 0.25) is 5.91 Å². The first kappa shape index (κ1) is 24.0. The zero-order valence-corrected chi connectivity index (χ0v) is 20.6. The van der Waals surface area contributed by atoms with E-state index < -0.39 is 6.04 Å². The molecule has 3 aliphatic rings. The van der Waals surface area contributed by atoms with Crippen molar-refractivity contribution in [1.82, 2.24) is 15.1 Å². The van der Waals surface area contributed by atoms with E-state index in [4.69, 9.17) is 4.74 Å². The molecule has 1 unspecified atom stereocenters. The summed E-state index contributed by atoms with van der Waals surface area (Å²) >= 11 is 0. The quantitative estimate of drug-likeness (QED) is 0.584. The molecule has 35 heavy (non-hydrogen) atoms. The van der Waals surface area contributed by atoms with Crippen LogP contribution in [0.25, 0.3) is 0 Å². The number of aromatic nitrogens is 2. The lowest BCUT2D eigenvalue weighted by Crippen LogP contribution is -2.54. The van der Waals surface area contributed by atoms with Crippen LogP contribution >= 0.6 is 0 Å². The van der Waals surface area contributed by atoms with Crippen molar-refractivity contribution in [1.29, 1.82) is 0 Å². The average Bonchev–Trinajstić information content (AvgIpc) is 3.40. The highest BCUT2D eigenvalue weighted by atomic mass is 19.1. The van der Waals surface area contributed by atoms with Gasteiger partial charge in [-0.25, -0.2) is 4.39 Å². The zero-order chi connectivity index (χ0) is 24.6. The van der Waals surface area contributed by atoms with E-state index in [0.717, 1.165) is 44.9 Å². The molecule has 2 aliphatic carbocycles. The Kier molecular flexibility index (Phi) is 6.66. The summed E-state index contributed by atoms with van der Waals surface area (Å²) in [6, 6.07) is 5.89. The summed E-state index contributed by atoms with van der Waals surface area (Å²) in [6.07, 6.45) is 8.55. The van der Waals surface area contributed by atoms with E-state index in [1.165, 1.54) is 10.7 Å². The van der Waals surface area contributed by atoms with Crippen LogP contribution in [0.2, 0.25) is 0 Å². The molecule has 1 aromatic heterocycles. The van der Waals surface area contributed by atoms with Crippen LogP contribution in [-0.4, -0.2) is 40.9 Å². The van der Waals surface area contributed by atoms with Gasteiger partial charge >= 0.3 is 0 Å². The summed E-state index contributed by atoms with van der Waals surface area (Å²) in [5.74, 6) is -0.340. The third kappa shape index (κ3) is 4.99. The molecule has 0 spiro atoms. The van der Waals surface area contributed by atoms with E-state index in [-0.39, 0.29) is 34.9 Å². The molecule has 2 heterocycles. The van der Waals surface area contributed by atoms with Crippen LogP contribution in [0.5, 0.6) is 0 Å². The standard InChI is InChI=1S/C27H35FN4O3/c1-27(11-12-27)23(18-4-3-5-18)24(31-25(33)22-8-13-29-32(22)2)26(34)30-19-6-7-20(21(28)16-19)17-9-14-35-15-10-17/h6-8,13,16-18,23-24H,3-5,9-12,14-15H2,1-2H3,(H,30,34)(H,31,33)/t23?,24-/m0/s1. The van der Waals surface area contributed by atoms with Gasteiger partial charge < -0.3 is 15.4 Å². The summed E-state index contributed by atoms with van der Waals surface area (Å²) in [5, 5.41) is 10.0. The van der Waals surface area contributed by atoms with Gasteiger partial charge in [-0.3, -0.25) is 14.3 Å². The molecule has 2 amide bonds. The summed E-state index contributed by atoms with van der Waals surface area (Å²) < 4.78 is 21.9. The lowest BCUT2D eigenvalue weighted by atomic mass is 9.66. The minimum Gasteiger partial charge on any atom is -0.381 e. The van der Waals surface area contributed by atoms with Crippen molar-refractivity contribution in [2.75, 3.05) is 18.5 Å². The number of hydrogen-bond donors (Lipinski definition) is 2. The fourth-order valence-corrected chi connectivity index (χ4v) is 5.87. The lowest BCUT2D eigenvalue weighted by Gasteiger charge is -2.42. The SMILES string of the molecule is Cn1nccc1C(=O)N[C@H](C(=O)Nc1ccc(C2CCOCC2)c(F)c1)C(C1CCC1)C1(C)CC1. The number of ether oxygens (including phenoxy) is 1. The molecule has 2 atom stereocenters. The maximum absolute atomic E-state index is 15.0. The van der Waals surface area contributed by atoms with Crippen LogP contribution in [0.15, 0.2) is 30.5 Å². The molecule has 1 aromatic carbocycles. The van der Waals surface area contributed by atoms with Gasteiger partial charge in [-0.05, 0) is 72.6 Å². The van der Waals surface area contributed by atoms with Crippen LogP contribution in [0.3, 0.4) is 0 Å². The Bertz CT molecular complexity index is 1090. The van der Waals surface area contributed by atoms with Crippen molar-refractivity contribution in [3.63, 3.8) is 0 Å². The first-order chi connectivity index (χ1) is 16.9. The number of halogens is 1. The number of amides is 2. The van der Waals surface area contributed by atoms with Gasteiger partial charge in [0.1, 0.15) is 17.6 Å². The molecule has 7 nitrogen and oxygen atoms in total. The van der Waals surface area contributed by atoms with E-state index in [2.05, 4.69) is 22.7 Å². The van der Waals surface area contributed by atoms with Crippen molar-refractivity contribution < 1.29 is 18.7 Å². The molecule has 8 heteroatoms. The summed E-state index contributed by atoms with van der Waals surface area (Å²) in [5.41, 5.74) is 1.52. The molecule has 5 rings (SSSR count). The van der Waals surface area contributed by atoms with Crippen LogP contribution < -0.4 is 10.6 Å². The number of carbonyl (C=O) groups is 2. The second-order valence-corrected chi connectivity index (χ2v) is 10.8. The predicted molar refractivity (Wildman–Crippen MR) is 130 cm³/mol. The molecule has 2 saturated carbocycles. The van der Waals surface area contributed by atoms with Gasteiger partial charge in [-0.2, -0.15) is 5.10 Å². The van der Waals surface area contributed by atoms with Gasteiger partial charge in [-0.1, -0.05) is 32.3 Å². The summed E-state index contributed by atoms with van der Waals surface area (Å²) in [4.78, 5) is 26.8. The molecule has 3 fully saturated rings. The van der Waals surface area contributed by atoms with Crippen LogP contribution in [-0.2, 0) is 16.6 Å². The molecular formula is C27H35FN4O3. The number of aryl methyl sites for hydroxylation is 1. The zero-order valence-electron chi connectivity index (χ0n) is 20.6. The van der Waals surface area contributed by atoms with Crippen molar-refractivity contribution in [3.8, 4) is 0 Å². The highest BCUT2D eigenvalue weighted by Crippen LogP contribution is 2.58. The van der Waals surface area contributed by atoms with Gasteiger partial charge in [-0.15, -0.1) is 0 Å². The normalized spacial score (nSPS) is 21.6. The van der Waals surface area contributed by atoms with Crippen LogP contribution in [0.1, 0.15) is 73.8 Å². The lowest BCUT2D eigenvalue weighted by molar-refractivity contribution is -0.121. The minimum atomic E-state index is -0.701. The van der Waals surface area contributed by atoms with Crippen LogP contribution in [0.4, 0.5) is 10.1 Å². The monoisotopic (exact) mass is 482 g/mol. The number of nitrogens with one attached hydrogen (secondary N) is 2. The Balaban J connectivity index is 1.38. The van der Waals surface area contributed by atoms with E-state index in [9.17, 15) is 9.59 Å². The molecule has 0 radical (unpaired) electrons.